The van der Waals surface area contributed by atoms with Crippen molar-refractivity contribution in [2.45, 2.75) is 32.1 Å². The Hall–Kier alpha value is -3.40. The van der Waals surface area contributed by atoms with E-state index in [9.17, 15) is 9.59 Å². The van der Waals surface area contributed by atoms with Crippen LogP contribution in [0.1, 0.15) is 41.6 Å². The predicted molar refractivity (Wildman–Crippen MR) is 140 cm³/mol. The van der Waals surface area contributed by atoms with Crippen LogP contribution in [-0.2, 0) is 11.2 Å². The molecule has 35 heavy (non-hydrogen) atoms. The fourth-order valence-corrected chi connectivity index (χ4v) is 5.51. The highest BCUT2D eigenvalue weighted by atomic mass is 16.2. The van der Waals surface area contributed by atoms with Gasteiger partial charge in [0.05, 0.1) is 0 Å². The molecule has 4 nitrogen and oxygen atoms in total. The van der Waals surface area contributed by atoms with Crippen molar-refractivity contribution in [3.8, 4) is 11.1 Å². The topological polar surface area (TPSA) is 40.6 Å². The van der Waals surface area contributed by atoms with E-state index in [0.717, 1.165) is 61.9 Å². The van der Waals surface area contributed by atoms with E-state index in [0.29, 0.717) is 24.9 Å². The Morgan fingerprint density at radius 3 is 1.80 bits per heavy atom. The number of carbonyl (C=O) groups is 2. The van der Waals surface area contributed by atoms with Gasteiger partial charge in [0.15, 0.2) is 0 Å². The maximum atomic E-state index is 13.2. The second-order valence-corrected chi connectivity index (χ2v) is 9.97. The normalized spacial score (nSPS) is 17.4. The summed E-state index contributed by atoms with van der Waals surface area (Å²) in [5, 5.41) is 0. The molecule has 3 aromatic rings. The fourth-order valence-electron chi connectivity index (χ4n) is 5.51. The fraction of sp³-hybridized carbons (Fsp3) is 0.355. The number of hydrogen-bond donors (Lipinski definition) is 0. The summed E-state index contributed by atoms with van der Waals surface area (Å²) in [5.74, 6) is 1.07. The second kappa shape index (κ2) is 10.9. The Morgan fingerprint density at radius 1 is 0.629 bits per heavy atom. The van der Waals surface area contributed by atoms with E-state index in [1.807, 2.05) is 47.4 Å². The van der Waals surface area contributed by atoms with Crippen molar-refractivity contribution in [2.24, 2.45) is 11.8 Å². The van der Waals surface area contributed by atoms with Gasteiger partial charge in [-0.2, -0.15) is 0 Å². The summed E-state index contributed by atoms with van der Waals surface area (Å²) in [5.41, 5.74) is 4.37. The first-order chi connectivity index (χ1) is 17.2. The second-order valence-electron chi connectivity index (χ2n) is 9.97. The molecule has 2 aliphatic rings. The summed E-state index contributed by atoms with van der Waals surface area (Å²) in [6.07, 6.45) is 4.79. The number of carbonyl (C=O) groups excluding carboxylic acids is 2. The summed E-state index contributed by atoms with van der Waals surface area (Å²) < 4.78 is 0. The Morgan fingerprint density at radius 2 is 1.17 bits per heavy atom. The third-order valence-electron chi connectivity index (χ3n) is 7.66. The van der Waals surface area contributed by atoms with Crippen LogP contribution in [0.25, 0.3) is 11.1 Å². The zero-order valence-corrected chi connectivity index (χ0v) is 20.3. The molecule has 4 heteroatoms. The lowest BCUT2D eigenvalue weighted by Gasteiger charge is -2.37. The third-order valence-corrected chi connectivity index (χ3v) is 7.66. The van der Waals surface area contributed by atoms with Crippen molar-refractivity contribution in [3.63, 3.8) is 0 Å². The van der Waals surface area contributed by atoms with Crippen LogP contribution in [0.4, 0.5) is 0 Å². The molecule has 2 aliphatic heterocycles. The van der Waals surface area contributed by atoms with Crippen LogP contribution in [0, 0.1) is 11.8 Å². The lowest BCUT2D eigenvalue weighted by atomic mass is 9.88. The van der Waals surface area contributed by atoms with E-state index in [4.69, 9.17) is 0 Å². The molecule has 5 rings (SSSR count). The maximum Gasteiger partial charge on any atom is 0.253 e. The van der Waals surface area contributed by atoms with Gasteiger partial charge in [-0.1, -0.05) is 72.8 Å². The summed E-state index contributed by atoms with van der Waals surface area (Å²) >= 11 is 0. The van der Waals surface area contributed by atoms with Crippen LogP contribution in [-0.4, -0.2) is 47.8 Å². The van der Waals surface area contributed by atoms with Gasteiger partial charge < -0.3 is 9.80 Å². The average Bonchev–Trinajstić information content (AvgIpc) is 2.94. The predicted octanol–water partition coefficient (Wildman–Crippen LogP) is 5.69. The summed E-state index contributed by atoms with van der Waals surface area (Å²) in [4.78, 5) is 30.2. The molecule has 0 atom stereocenters. The van der Waals surface area contributed by atoms with E-state index in [1.54, 1.807) is 0 Å². The molecule has 2 heterocycles. The molecule has 0 aliphatic carbocycles. The van der Waals surface area contributed by atoms with E-state index >= 15 is 0 Å². The molecule has 3 aromatic carbocycles. The SMILES string of the molecule is O=C(c1ccc(-c2ccccc2)cc1)N1CCC(C(=O)N2CCC(Cc3ccccc3)CC2)CC1. The highest BCUT2D eigenvalue weighted by Gasteiger charge is 2.32. The molecule has 0 unspecified atom stereocenters. The molecule has 0 spiro atoms. The molecule has 2 fully saturated rings. The maximum absolute atomic E-state index is 13.2. The standard InChI is InChI=1S/C31H34N2O2/c34-30(28-13-11-27(12-14-28)26-9-5-2-6-10-26)33-21-17-29(18-22-33)31(35)32-19-15-25(16-20-32)23-24-7-3-1-4-8-24/h1-14,25,29H,15-23H2. The Balaban J connectivity index is 1.09. The van der Waals surface area contributed by atoms with Crippen LogP contribution >= 0.6 is 0 Å². The number of likely N-dealkylation sites (tertiary alicyclic amines) is 2. The highest BCUT2D eigenvalue weighted by Crippen LogP contribution is 2.27. The number of rotatable bonds is 5. The molecular formula is C31H34N2O2. The van der Waals surface area contributed by atoms with Crippen LogP contribution in [0.2, 0.25) is 0 Å². The highest BCUT2D eigenvalue weighted by molar-refractivity contribution is 5.95. The van der Waals surface area contributed by atoms with Gasteiger partial charge in [-0.3, -0.25) is 9.59 Å². The molecule has 2 saturated heterocycles. The van der Waals surface area contributed by atoms with Crippen molar-refractivity contribution >= 4 is 11.8 Å². The van der Waals surface area contributed by atoms with Crippen molar-refractivity contribution in [1.29, 1.82) is 0 Å². The molecule has 0 bridgehead atoms. The van der Waals surface area contributed by atoms with Gasteiger partial charge in [-0.05, 0) is 66.8 Å². The van der Waals surface area contributed by atoms with Crippen molar-refractivity contribution in [1.82, 2.24) is 9.80 Å². The molecule has 0 aromatic heterocycles. The molecular weight excluding hydrogens is 432 g/mol. The molecule has 180 valence electrons. The van der Waals surface area contributed by atoms with Crippen molar-refractivity contribution < 1.29 is 9.59 Å². The number of benzene rings is 3. The molecule has 0 N–H and O–H groups in total. The first kappa shape index (κ1) is 23.3. The van der Waals surface area contributed by atoms with Gasteiger partial charge in [0, 0.05) is 37.7 Å². The Kier molecular flexibility index (Phi) is 7.27. The number of hydrogen-bond acceptors (Lipinski definition) is 2. The van der Waals surface area contributed by atoms with Gasteiger partial charge in [0.2, 0.25) is 5.91 Å². The third kappa shape index (κ3) is 5.64. The van der Waals surface area contributed by atoms with E-state index in [2.05, 4.69) is 47.4 Å². The van der Waals surface area contributed by atoms with E-state index in [-0.39, 0.29) is 11.8 Å². The zero-order chi connectivity index (χ0) is 24.0. The first-order valence-electron chi connectivity index (χ1n) is 12.9. The van der Waals surface area contributed by atoms with Crippen LogP contribution in [0.15, 0.2) is 84.9 Å². The first-order valence-corrected chi connectivity index (χ1v) is 12.9. The molecule has 0 radical (unpaired) electrons. The Bertz CT molecular complexity index is 1110. The van der Waals surface area contributed by atoms with Gasteiger partial charge in [-0.15, -0.1) is 0 Å². The van der Waals surface area contributed by atoms with Crippen LogP contribution in [0.5, 0.6) is 0 Å². The van der Waals surface area contributed by atoms with Crippen LogP contribution < -0.4 is 0 Å². The smallest absolute Gasteiger partial charge is 0.253 e. The summed E-state index contributed by atoms with van der Waals surface area (Å²) in [6, 6.07) is 28.7. The Labute approximate surface area is 208 Å². The largest absolute Gasteiger partial charge is 0.342 e. The van der Waals surface area contributed by atoms with E-state index < -0.39 is 0 Å². The van der Waals surface area contributed by atoms with Crippen molar-refractivity contribution in [3.05, 3.63) is 96.1 Å². The van der Waals surface area contributed by atoms with Gasteiger partial charge in [-0.25, -0.2) is 0 Å². The lowest BCUT2D eigenvalue weighted by Crippen LogP contribution is -2.46. The van der Waals surface area contributed by atoms with Gasteiger partial charge in [0.1, 0.15) is 0 Å². The summed E-state index contributed by atoms with van der Waals surface area (Å²) in [6.45, 7) is 3.03. The van der Waals surface area contributed by atoms with Gasteiger partial charge >= 0.3 is 0 Å². The number of amides is 2. The van der Waals surface area contributed by atoms with Crippen LogP contribution in [0.3, 0.4) is 0 Å². The van der Waals surface area contributed by atoms with Gasteiger partial charge in [0.25, 0.3) is 5.91 Å². The lowest BCUT2D eigenvalue weighted by molar-refractivity contribution is -0.138. The summed E-state index contributed by atoms with van der Waals surface area (Å²) in [7, 11) is 0. The average molecular weight is 467 g/mol. The zero-order valence-electron chi connectivity index (χ0n) is 20.3. The molecule has 0 saturated carbocycles. The number of piperidine rings is 2. The number of nitrogens with zero attached hydrogens (tertiary/aromatic N) is 2. The monoisotopic (exact) mass is 466 g/mol. The minimum absolute atomic E-state index is 0.0465. The van der Waals surface area contributed by atoms with Crippen molar-refractivity contribution in [2.75, 3.05) is 26.2 Å². The minimum Gasteiger partial charge on any atom is -0.342 e. The minimum atomic E-state index is 0.0465. The van der Waals surface area contributed by atoms with E-state index in [1.165, 1.54) is 5.56 Å². The molecule has 2 amide bonds. The quantitative estimate of drug-likeness (QED) is 0.485.